The summed E-state index contributed by atoms with van der Waals surface area (Å²) in [7, 11) is -0.706. The molecule has 0 aliphatic carbocycles. The lowest BCUT2D eigenvalue weighted by Gasteiger charge is -2.37. The van der Waals surface area contributed by atoms with Crippen LogP contribution in [0.5, 0.6) is 5.88 Å². The molecule has 0 radical (unpaired) electrons. The molecule has 12 heteroatoms. The van der Waals surface area contributed by atoms with Gasteiger partial charge < -0.3 is 23.7 Å². The lowest BCUT2D eigenvalue weighted by atomic mass is 10.00. The molecule has 1 aliphatic rings. The number of aliphatic hydroxyl groups excluding tert-OH is 1. The van der Waals surface area contributed by atoms with E-state index in [2.05, 4.69) is 9.97 Å². The topological polar surface area (TPSA) is 131 Å². The molecule has 0 spiro atoms. The van der Waals surface area contributed by atoms with Crippen LogP contribution >= 0.6 is 0 Å². The smallest absolute Gasteiger partial charge is 0.261 e. The van der Waals surface area contributed by atoms with Crippen LogP contribution in [0.1, 0.15) is 24.2 Å². The third-order valence-corrected chi connectivity index (χ3v) is 8.73. The first kappa shape index (κ1) is 26.9. The Morgan fingerprint density at radius 3 is 2.69 bits per heavy atom. The molecule has 3 atom stereocenters. The highest BCUT2D eigenvalue weighted by atomic mass is 32.2. The number of sulfonamides is 1. The van der Waals surface area contributed by atoms with Gasteiger partial charge in [0.1, 0.15) is 23.0 Å². The quantitative estimate of drug-likeness (QED) is 0.370. The number of aryl methyl sites for hydroxylation is 1. The fourth-order valence-electron chi connectivity index (χ4n) is 4.61. The SMILES string of the molecule is C[C@H](CO)N1C[C@H](C)[C@H](CN(C)S(=O)(=O)c2cn(C)cn2)Oc2ncc(-c3cc4ccccc4o3)cc2C1=O. The Bertz CT molecular complexity index is 1580. The van der Waals surface area contributed by atoms with Crippen molar-refractivity contribution in [2.45, 2.75) is 31.0 Å². The molecule has 0 unspecified atom stereocenters. The van der Waals surface area contributed by atoms with Gasteiger partial charge >= 0.3 is 0 Å². The zero-order chi connectivity index (χ0) is 27.9. The zero-order valence-electron chi connectivity index (χ0n) is 22.2. The highest BCUT2D eigenvalue weighted by molar-refractivity contribution is 7.89. The van der Waals surface area contributed by atoms with Crippen molar-refractivity contribution in [2.24, 2.45) is 13.0 Å². The van der Waals surface area contributed by atoms with Crippen molar-refractivity contribution in [3.63, 3.8) is 0 Å². The Balaban J connectivity index is 1.51. The first-order chi connectivity index (χ1) is 18.6. The molecule has 1 N–H and O–H groups in total. The summed E-state index contributed by atoms with van der Waals surface area (Å²) in [6.45, 7) is 3.66. The van der Waals surface area contributed by atoms with Gasteiger partial charge in [-0.2, -0.15) is 4.31 Å². The molecule has 1 aliphatic heterocycles. The number of hydrogen-bond acceptors (Lipinski definition) is 8. The molecule has 1 aromatic carbocycles. The Morgan fingerprint density at radius 2 is 2.00 bits per heavy atom. The van der Waals surface area contributed by atoms with Crippen molar-refractivity contribution in [3.8, 4) is 17.2 Å². The minimum absolute atomic E-state index is 0.00204. The van der Waals surface area contributed by atoms with Crippen LogP contribution in [0, 0.1) is 5.92 Å². The van der Waals surface area contributed by atoms with E-state index >= 15 is 0 Å². The van der Waals surface area contributed by atoms with Gasteiger partial charge in [-0.05, 0) is 25.1 Å². The molecule has 206 valence electrons. The van der Waals surface area contributed by atoms with Gasteiger partial charge in [-0.1, -0.05) is 25.1 Å². The van der Waals surface area contributed by atoms with Crippen molar-refractivity contribution in [2.75, 3.05) is 26.7 Å². The van der Waals surface area contributed by atoms with Crippen LogP contribution in [0.2, 0.25) is 0 Å². The van der Waals surface area contributed by atoms with E-state index in [1.165, 1.54) is 23.9 Å². The van der Waals surface area contributed by atoms with Crippen LogP contribution in [0.15, 0.2) is 64.6 Å². The molecule has 0 bridgehead atoms. The molecule has 11 nitrogen and oxygen atoms in total. The highest BCUT2D eigenvalue weighted by Crippen LogP contribution is 2.33. The third-order valence-electron chi connectivity index (χ3n) is 7.02. The fraction of sp³-hybridized carbons (Fsp3) is 0.370. The number of imidazole rings is 1. The van der Waals surface area contributed by atoms with Crippen LogP contribution in [0.3, 0.4) is 0 Å². The summed E-state index contributed by atoms with van der Waals surface area (Å²) in [4.78, 5) is 23.8. The van der Waals surface area contributed by atoms with Crippen LogP contribution in [-0.2, 0) is 17.1 Å². The monoisotopic (exact) mass is 553 g/mol. The zero-order valence-corrected chi connectivity index (χ0v) is 23.0. The number of nitrogens with zero attached hydrogens (tertiary/aromatic N) is 5. The Hall–Kier alpha value is -3.74. The van der Waals surface area contributed by atoms with E-state index in [-0.39, 0.29) is 48.0 Å². The second kappa shape index (κ2) is 10.4. The van der Waals surface area contributed by atoms with Gasteiger partial charge in [-0.3, -0.25) is 4.79 Å². The van der Waals surface area contributed by atoms with Gasteiger partial charge in [0.2, 0.25) is 5.88 Å². The molecular formula is C27H31N5O6S. The maximum Gasteiger partial charge on any atom is 0.261 e. The summed E-state index contributed by atoms with van der Waals surface area (Å²) < 4.78 is 41.3. The van der Waals surface area contributed by atoms with Gasteiger partial charge in [-0.15, -0.1) is 0 Å². The fourth-order valence-corrected chi connectivity index (χ4v) is 5.75. The van der Waals surface area contributed by atoms with E-state index < -0.39 is 22.2 Å². The van der Waals surface area contributed by atoms with Crippen molar-refractivity contribution >= 4 is 26.9 Å². The summed E-state index contributed by atoms with van der Waals surface area (Å²) in [6.07, 6.45) is 3.79. The highest BCUT2D eigenvalue weighted by Gasteiger charge is 2.36. The number of furan rings is 1. The number of benzene rings is 1. The van der Waals surface area contributed by atoms with Crippen LogP contribution in [0.4, 0.5) is 0 Å². The van der Waals surface area contributed by atoms with Gasteiger partial charge in [0, 0.05) is 49.9 Å². The number of para-hydroxylation sites is 1. The average Bonchev–Trinajstić information content (AvgIpc) is 3.56. The van der Waals surface area contributed by atoms with Gasteiger partial charge in [0.15, 0.2) is 5.03 Å². The van der Waals surface area contributed by atoms with E-state index in [9.17, 15) is 18.3 Å². The lowest BCUT2D eigenvalue weighted by molar-refractivity contribution is 0.0373. The molecule has 4 heterocycles. The van der Waals surface area contributed by atoms with Crippen LogP contribution in [-0.4, -0.2) is 82.1 Å². The summed E-state index contributed by atoms with van der Waals surface area (Å²) in [5.41, 5.74) is 1.52. The summed E-state index contributed by atoms with van der Waals surface area (Å²) in [5.74, 6) is 0.0236. The Labute approximate surface area is 226 Å². The van der Waals surface area contributed by atoms with Gasteiger partial charge in [0.05, 0.1) is 25.5 Å². The number of amides is 1. The number of rotatable bonds is 7. The van der Waals surface area contributed by atoms with Crippen LogP contribution in [0.25, 0.3) is 22.3 Å². The number of likely N-dealkylation sites (N-methyl/N-ethyl adjacent to an activating group) is 1. The Morgan fingerprint density at radius 1 is 1.23 bits per heavy atom. The predicted octanol–water partition coefficient (Wildman–Crippen LogP) is 2.77. The van der Waals surface area contributed by atoms with E-state index in [0.717, 1.165) is 5.39 Å². The summed E-state index contributed by atoms with van der Waals surface area (Å²) >= 11 is 0. The van der Waals surface area contributed by atoms with E-state index in [4.69, 9.17) is 9.15 Å². The standard InChI is InChI=1S/C27H31N5O6S/c1-17-12-32(18(2)15-33)27(34)21-9-20(23-10-19-7-5-6-8-22(19)37-23)11-28-26(21)38-24(17)13-31(4)39(35,36)25-14-30(3)16-29-25/h5-11,14,16-18,24,33H,12-13,15H2,1-4H3/t17-,18+,24-/m0/s1. The van der Waals surface area contributed by atoms with Crippen molar-refractivity contribution in [3.05, 3.63) is 60.7 Å². The van der Waals surface area contributed by atoms with E-state index in [1.807, 2.05) is 37.3 Å². The molecule has 0 fully saturated rings. The predicted molar refractivity (Wildman–Crippen MR) is 144 cm³/mol. The lowest BCUT2D eigenvalue weighted by Crippen LogP contribution is -2.50. The minimum Gasteiger partial charge on any atom is -0.472 e. The molecule has 0 saturated heterocycles. The number of carbonyl (C=O) groups excluding carboxylic acids is 1. The number of hydrogen-bond donors (Lipinski definition) is 1. The maximum atomic E-state index is 13.7. The number of fused-ring (bicyclic) bond motifs is 2. The number of ether oxygens (including phenoxy) is 1. The number of aromatic nitrogens is 3. The molecule has 1 amide bonds. The molecule has 0 saturated carbocycles. The molecule has 3 aromatic heterocycles. The molecule has 4 aromatic rings. The van der Waals surface area contributed by atoms with E-state index in [0.29, 0.717) is 16.9 Å². The normalized spacial score (nSPS) is 19.0. The number of carbonyl (C=O) groups is 1. The summed E-state index contributed by atoms with van der Waals surface area (Å²) in [5, 5.41) is 10.8. The molecule has 39 heavy (non-hydrogen) atoms. The minimum atomic E-state index is -3.87. The largest absolute Gasteiger partial charge is 0.472 e. The second-order valence-corrected chi connectivity index (χ2v) is 12.0. The van der Waals surface area contributed by atoms with Crippen molar-refractivity contribution < 1.29 is 27.5 Å². The average molecular weight is 554 g/mol. The van der Waals surface area contributed by atoms with Gasteiger partial charge in [-0.25, -0.2) is 18.4 Å². The van der Waals surface area contributed by atoms with E-state index in [1.54, 1.807) is 35.7 Å². The van der Waals surface area contributed by atoms with Crippen molar-refractivity contribution in [1.29, 1.82) is 0 Å². The molecular weight excluding hydrogens is 522 g/mol. The number of aliphatic hydroxyl groups is 1. The number of pyridine rings is 1. The summed E-state index contributed by atoms with van der Waals surface area (Å²) in [6, 6.07) is 10.7. The first-order valence-electron chi connectivity index (χ1n) is 12.6. The van der Waals surface area contributed by atoms with Crippen LogP contribution < -0.4 is 4.74 Å². The maximum absolute atomic E-state index is 13.7. The van der Waals surface area contributed by atoms with Crippen molar-refractivity contribution in [1.82, 2.24) is 23.7 Å². The first-order valence-corrected chi connectivity index (χ1v) is 14.0. The second-order valence-electron chi connectivity index (χ2n) is 10.0. The third kappa shape index (κ3) is 5.14. The van der Waals surface area contributed by atoms with Gasteiger partial charge in [0.25, 0.3) is 15.9 Å². The Kier molecular flexibility index (Phi) is 7.19. The molecule has 5 rings (SSSR count).